The molecule has 0 atom stereocenters. The largest absolute Gasteiger partial charge is 0.355 e. The molecule has 0 saturated carbocycles. The smallest absolute Gasteiger partial charge is 0.282 e. The predicted octanol–water partition coefficient (Wildman–Crippen LogP) is 4.66. The van der Waals surface area contributed by atoms with Crippen molar-refractivity contribution in [2.24, 2.45) is 0 Å². The molecule has 2 aliphatic heterocycles. The molecule has 6 rings (SSSR count). The predicted molar refractivity (Wildman–Crippen MR) is 136 cm³/mol. The molecule has 0 N–H and O–H groups in total. The van der Waals surface area contributed by atoms with Crippen molar-refractivity contribution >= 4 is 34.6 Å². The Kier molecular flexibility index (Phi) is 5.00. The van der Waals surface area contributed by atoms with Gasteiger partial charge < -0.3 is 4.90 Å². The minimum absolute atomic E-state index is 0.283. The molecular weight excluding hydrogens is 462 g/mol. The van der Waals surface area contributed by atoms with Gasteiger partial charge in [-0.25, -0.2) is 9.97 Å². The number of carbonyl (C=O) groups excluding carboxylic acids is 1. The molecule has 1 saturated heterocycles. The zero-order valence-electron chi connectivity index (χ0n) is 19.5. The van der Waals surface area contributed by atoms with Gasteiger partial charge >= 0.3 is 0 Å². The summed E-state index contributed by atoms with van der Waals surface area (Å²) in [6.45, 7) is 5.96. The molecule has 35 heavy (non-hydrogen) atoms. The van der Waals surface area contributed by atoms with Gasteiger partial charge in [-0.15, -0.1) is 0 Å². The van der Waals surface area contributed by atoms with Crippen LogP contribution in [-0.2, 0) is 5.41 Å². The summed E-state index contributed by atoms with van der Waals surface area (Å²) in [7, 11) is 0. The molecule has 0 unspecified atom stereocenters. The van der Waals surface area contributed by atoms with Crippen LogP contribution in [0.3, 0.4) is 0 Å². The molecule has 0 bridgehead atoms. The molecule has 2 aliphatic rings. The van der Waals surface area contributed by atoms with Crippen molar-refractivity contribution in [3.8, 4) is 5.69 Å². The minimum Gasteiger partial charge on any atom is -0.355 e. The average Bonchev–Trinajstić information content (AvgIpc) is 3.10. The number of fused-ring (bicyclic) bond motifs is 5. The number of halogens is 1. The number of carbonyl (C=O) groups is 1. The molecule has 0 radical (unpaired) electrons. The lowest BCUT2D eigenvalue weighted by Gasteiger charge is -2.33. The summed E-state index contributed by atoms with van der Waals surface area (Å²) < 4.78 is 2.11. The van der Waals surface area contributed by atoms with Gasteiger partial charge in [0, 0.05) is 13.1 Å². The fraction of sp³-hybridized carbons (Fsp3) is 0.296. The minimum atomic E-state index is -0.390. The molecule has 1 fully saturated rings. The number of piperidine rings is 1. The van der Waals surface area contributed by atoms with E-state index in [4.69, 9.17) is 11.6 Å². The highest BCUT2D eigenvalue weighted by molar-refractivity contribution is 6.35. The van der Waals surface area contributed by atoms with Crippen LogP contribution in [-0.4, -0.2) is 38.9 Å². The van der Waals surface area contributed by atoms with Crippen LogP contribution in [0.25, 0.3) is 16.6 Å². The van der Waals surface area contributed by atoms with Gasteiger partial charge in [-0.3, -0.25) is 14.2 Å². The molecule has 4 aromatic rings. The van der Waals surface area contributed by atoms with Gasteiger partial charge in [-0.1, -0.05) is 29.8 Å². The van der Waals surface area contributed by atoms with E-state index in [0.29, 0.717) is 28.3 Å². The second-order valence-electron chi connectivity index (χ2n) is 9.79. The standard InChI is InChI=1S/C27H24ClN5O2/c1-27(2)19-7-6-17(16-8-10-32(11-9-16)23-14-29-18(15-34)13-30-23)12-22(19)33-21-5-3-4-20(28)24(21)25(35)31-26(27)33/h3-7,12-16H,8-11H2,1-2H3. The van der Waals surface area contributed by atoms with Crippen LogP contribution in [0, 0.1) is 0 Å². The molecule has 2 aromatic heterocycles. The second-order valence-corrected chi connectivity index (χ2v) is 10.2. The first-order valence-electron chi connectivity index (χ1n) is 11.8. The van der Waals surface area contributed by atoms with Gasteiger partial charge in [0.05, 0.1) is 39.4 Å². The summed E-state index contributed by atoms with van der Waals surface area (Å²) in [6.07, 6.45) is 5.87. The van der Waals surface area contributed by atoms with Crippen molar-refractivity contribution in [2.45, 2.75) is 38.0 Å². The molecule has 4 heterocycles. The third-order valence-electron chi connectivity index (χ3n) is 7.43. The van der Waals surface area contributed by atoms with Crippen molar-refractivity contribution in [2.75, 3.05) is 18.0 Å². The normalized spacial score (nSPS) is 16.8. The van der Waals surface area contributed by atoms with E-state index >= 15 is 0 Å². The Bertz CT molecular complexity index is 1540. The summed E-state index contributed by atoms with van der Waals surface area (Å²) in [4.78, 5) is 39.0. The Balaban J connectivity index is 1.36. The maximum atomic E-state index is 12.9. The van der Waals surface area contributed by atoms with Crippen molar-refractivity contribution in [1.29, 1.82) is 0 Å². The molecule has 0 amide bonds. The number of anilines is 1. The highest BCUT2D eigenvalue weighted by Gasteiger charge is 2.39. The first kappa shape index (κ1) is 21.9. The molecule has 0 aliphatic carbocycles. The summed E-state index contributed by atoms with van der Waals surface area (Å²) in [5.74, 6) is 1.96. The summed E-state index contributed by atoms with van der Waals surface area (Å²) in [5, 5.41) is 0.886. The lowest BCUT2D eigenvalue weighted by Crippen LogP contribution is -2.33. The molecule has 176 valence electrons. The van der Waals surface area contributed by atoms with Crippen molar-refractivity contribution < 1.29 is 4.79 Å². The monoisotopic (exact) mass is 485 g/mol. The Morgan fingerprint density at radius 2 is 1.89 bits per heavy atom. The third-order valence-corrected chi connectivity index (χ3v) is 7.74. The summed E-state index contributed by atoms with van der Waals surface area (Å²) in [5.41, 5.74) is 3.97. The lowest BCUT2D eigenvalue weighted by molar-refractivity contribution is 0.111. The number of rotatable bonds is 3. The van der Waals surface area contributed by atoms with Gasteiger partial charge in [-0.2, -0.15) is 4.98 Å². The Labute approximate surface area is 207 Å². The highest BCUT2D eigenvalue weighted by atomic mass is 35.5. The quantitative estimate of drug-likeness (QED) is 0.392. The van der Waals surface area contributed by atoms with Gasteiger partial charge in [0.1, 0.15) is 17.3 Å². The fourth-order valence-electron chi connectivity index (χ4n) is 5.52. The zero-order chi connectivity index (χ0) is 24.3. The topological polar surface area (TPSA) is 81.0 Å². The number of benzene rings is 2. The van der Waals surface area contributed by atoms with Crippen LogP contribution < -0.4 is 10.5 Å². The Morgan fingerprint density at radius 3 is 2.60 bits per heavy atom. The van der Waals surface area contributed by atoms with Crippen LogP contribution in [0.4, 0.5) is 5.82 Å². The Morgan fingerprint density at radius 1 is 1.09 bits per heavy atom. The van der Waals surface area contributed by atoms with Crippen LogP contribution in [0.1, 0.15) is 60.0 Å². The number of hydrogen-bond acceptors (Lipinski definition) is 6. The Hall–Kier alpha value is -3.58. The maximum Gasteiger partial charge on any atom is 0.282 e. The molecule has 7 nitrogen and oxygen atoms in total. The van der Waals surface area contributed by atoms with Crippen LogP contribution in [0.5, 0.6) is 0 Å². The van der Waals surface area contributed by atoms with Crippen LogP contribution >= 0.6 is 11.6 Å². The van der Waals surface area contributed by atoms with E-state index < -0.39 is 0 Å². The van der Waals surface area contributed by atoms with E-state index in [1.807, 2.05) is 12.1 Å². The van der Waals surface area contributed by atoms with Crippen molar-refractivity contribution in [3.63, 3.8) is 0 Å². The van der Waals surface area contributed by atoms with E-state index in [2.05, 4.69) is 56.5 Å². The summed E-state index contributed by atoms with van der Waals surface area (Å²) in [6, 6.07) is 12.2. The fourth-order valence-corrected chi connectivity index (χ4v) is 5.77. The molecule has 0 spiro atoms. The number of hydrogen-bond donors (Lipinski definition) is 0. The van der Waals surface area contributed by atoms with Crippen LogP contribution in [0.15, 0.2) is 53.6 Å². The SMILES string of the molecule is CC1(C)c2ccc(C3CCN(c4cnc(C=O)cn4)CC3)cc2-n2c1nc(=O)c1c(Cl)cccc12. The number of nitrogens with zero attached hydrogens (tertiary/aromatic N) is 5. The first-order valence-corrected chi connectivity index (χ1v) is 12.1. The van der Waals surface area contributed by atoms with Gasteiger partial charge in [0.15, 0.2) is 6.29 Å². The average molecular weight is 486 g/mol. The molecule has 2 aromatic carbocycles. The van der Waals surface area contributed by atoms with E-state index in [1.165, 1.54) is 11.8 Å². The van der Waals surface area contributed by atoms with Crippen LogP contribution in [0.2, 0.25) is 5.02 Å². The van der Waals surface area contributed by atoms with E-state index in [-0.39, 0.29) is 11.0 Å². The van der Waals surface area contributed by atoms with E-state index in [9.17, 15) is 9.59 Å². The summed E-state index contributed by atoms with van der Waals surface area (Å²) >= 11 is 6.41. The van der Waals surface area contributed by atoms with E-state index in [1.54, 1.807) is 12.3 Å². The second kappa shape index (κ2) is 7.99. The van der Waals surface area contributed by atoms with Gasteiger partial charge in [0.25, 0.3) is 5.56 Å². The zero-order valence-corrected chi connectivity index (χ0v) is 20.3. The van der Waals surface area contributed by atoms with Gasteiger partial charge in [-0.05, 0) is 61.9 Å². The lowest BCUT2D eigenvalue weighted by atomic mass is 9.83. The molecule has 8 heteroatoms. The first-order chi connectivity index (χ1) is 16.9. The number of aldehydes is 1. The molecular formula is C27H24ClN5O2. The maximum absolute atomic E-state index is 12.9. The van der Waals surface area contributed by atoms with E-state index in [0.717, 1.165) is 54.3 Å². The van der Waals surface area contributed by atoms with Gasteiger partial charge in [0.2, 0.25) is 0 Å². The number of aromatic nitrogens is 4. The van der Waals surface area contributed by atoms with Crippen molar-refractivity contribution in [3.05, 3.63) is 86.8 Å². The third kappa shape index (κ3) is 3.37. The van der Waals surface area contributed by atoms with Crippen molar-refractivity contribution in [1.82, 2.24) is 19.5 Å². The highest BCUT2D eigenvalue weighted by Crippen LogP contribution is 2.44.